The van der Waals surface area contributed by atoms with Crippen molar-refractivity contribution in [2.24, 2.45) is 5.92 Å². The van der Waals surface area contributed by atoms with Gasteiger partial charge in [-0.1, -0.05) is 53.6 Å². The number of carbonyl (C=O) groups is 2. The number of likely N-dealkylation sites (N-methyl/N-ethyl adjacent to an activating group) is 1. The highest BCUT2D eigenvalue weighted by Gasteiger charge is 2.40. The average molecular weight is 356 g/mol. The van der Waals surface area contributed by atoms with Crippen LogP contribution in [0.1, 0.15) is 29.0 Å². The number of benzene rings is 2. The first-order valence-corrected chi connectivity index (χ1v) is 8.89. The number of ketones is 1. The third-order valence-electron chi connectivity index (χ3n) is 4.92. The number of hydrogen-bond acceptors (Lipinski definition) is 2. The van der Waals surface area contributed by atoms with Crippen LogP contribution in [0.15, 0.2) is 48.5 Å². The summed E-state index contributed by atoms with van der Waals surface area (Å²) in [6, 6.07) is 15.6. The lowest BCUT2D eigenvalue weighted by atomic mass is 9.84. The fourth-order valence-corrected chi connectivity index (χ4v) is 3.62. The number of amides is 1. The highest BCUT2D eigenvalue weighted by molar-refractivity contribution is 6.30. The molecule has 0 spiro atoms. The lowest BCUT2D eigenvalue weighted by Gasteiger charge is -2.17. The summed E-state index contributed by atoms with van der Waals surface area (Å²) in [6.45, 7) is 2.71. The van der Waals surface area contributed by atoms with Crippen molar-refractivity contribution in [1.82, 2.24) is 4.90 Å². The molecule has 3 nitrogen and oxygen atoms in total. The summed E-state index contributed by atoms with van der Waals surface area (Å²) in [5.41, 5.74) is 3.25. The molecular weight excluding hydrogens is 334 g/mol. The largest absolute Gasteiger partial charge is 0.345 e. The molecule has 4 heteroatoms. The minimum atomic E-state index is -0.271. The van der Waals surface area contributed by atoms with Gasteiger partial charge in [0.05, 0.1) is 5.92 Å². The van der Waals surface area contributed by atoms with Gasteiger partial charge in [0, 0.05) is 37.4 Å². The molecule has 0 bridgehead atoms. The Balaban J connectivity index is 1.73. The van der Waals surface area contributed by atoms with Crippen LogP contribution in [0.3, 0.4) is 0 Å². The van der Waals surface area contributed by atoms with Gasteiger partial charge in [0.1, 0.15) is 5.78 Å². The Morgan fingerprint density at radius 1 is 1.12 bits per heavy atom. The molecule has 3 rings (SSSR count). The first-order valence-electron chi connectivity index (χ1n) is 8.51. The lowest BCUT2D eigenvalue weighted by molar-refractivity contribution is -0.132. The second-order valence-electron chi connectivity index (χ2n) is 6.89. The second kappa shape index (κ2) is 7.40. The summed E-state index contributed by atoms with van der Waals surface area (Å²) in [4.78, 5) is 26.8. The molecule has 1 saturated heterocycles. The number of hydrogen-bond donors (Lipinski definition) is 0. The molecule has 0 N–H and O–H groups in total. The topological polar surface area (TPSA) is 37.4 Å². The molecule has 25 heavy (non-hydrogen) atoms. The van der Waals surface area contributed by atoms with Crippen molar-refractivity contribution >= 4 is 23.3 Å². The van der Waals surface area contributed by atoms with Crippen LogP contribution in [0, 0.1) is 12.8 Å². The molecular formula is C21H22ClNO2. The van der Waals surface area contributed by atoms with Gasteiger partial charge in [-0.15, -0.1) is 0 Å². The number of halogens is 1. The molecule has 1 heterocycles. The van der Waals surface area contributed by atoms with E-state index in [0.717, 1.165) is 11.1 Å². The predicted octanol–water partition coefficient (Wildman–Crippen LogP) is 4.02. The molecule has 1 aliphatic rings. The van der Waals surface area contributed by atoms with Crippen LogP contribution in [0.25, 0.3) is 0 Å². The van der Waals surface area contributed by atoms with Crippen molar-refractivity contribution in [3.8, 4) is 0 Å². The van der Waals surface area contributed by atoms with Crippen molar-refractivity contribution in [3.05, 3.63) is 70.2 Å². The fraction of sp³-hybridized carbons (Fsp3) is 0.333. The van der Waals surface area contributed by atoms with Gasteiger partial charge in [-0.2, -0.15) is 0 Å². The number of Topliss-reactive ketones (excluding diaryl/α,β-unsaturated/α-hetero) is 1. The van der Waals surface area contributed by atoms with Crippen molar-refractivity contribution in [2.45, 2.75) is 25.7 Å². The summed E-state index contributed by atoms with van der Waals surface area (Å²) in [5.74, 6) is -0.0390. The van der Waals surface area contributed by atoms with E-state index in [2.05, 4.69) is 24.3 Å². The summed E-state index contributed by atoms with van der Waals surface area (Å²) in [5, 5.41) is 0.656. The zero-order chi connectivity index (χ0) is 18.0. The molecule has 1 amide bonds. The normalized spacial score (nSPS) is 20.1. The molecule has 130 valence electrons. The molecule has 1 aliphatic heterocycles. The maximum atomic E-state index is 12.5. The Bertz CT molecular complexity index is 767. The number of likely N-dealkylation sites (tertiary alicyclic amines) is 1. The average Bonchev–Trinajstić information content (AvgIpc) is 2.86. The van der Waals surface area contributed by atoms with Crippen LogP contribution in [-0.2, 0) is 16.0 Å². The first kappa shape index (κ1) is 17.7. The first-order chi connectivity index (χ1) is 11.9. The molecule has 1 fully saturated rings. The molecule has 0 aromatic heterocycles. The zero-order valence-corrected chi connectivity index (χ0v) is 15.3. The molecule has 2 aromatic carbocycles. The SMILES string of the molecule is Cc1ccc([C@@H]2CN(C)C(=O)C2CC(=O)Cc2ccc(Cl)cc2)cc1. The van der Waals surface area contributed by atoms with E-state index in [-0.39, 0.29) is 29.9 Å². The Morgan fingerprint density at radius 2 is 1.76 bits per heavy atom. The quantitative estimate of drug-likeness (QED) is 0.812. The smallest absolute Gasteiger partial charge is 0.226 e. The maximum absolute atomic E-state index is 12.5. The van der Waals surface area contributed by atoms with Crippen molar-refractivity contribution in [1.29, 1.82) is 0 Å². The third kappa shape index (κ3) is 4.10. The van der Waals surface area contributed by atoms with Gasteiger partial charge in [-0.3, -0.25) is 9.59 Å². The van der Waals surface area contributed by atoms with E-state index in [1.165, 1.54) is 5.56 Å². The van der Waals surface area contributed by atoms with E-state index in [4.69, 9.17) is 11.6 Å². The summed E-state index contributed by atoms with van der Waals surface area (Å²) in [7, 11) is 1.81. The van der Waals surface area contributed by atoms with Gasteiger partial charge in [-0.25, -0.2) is 0 Å². The standard InChI is InChI=1S/C21H22ClNO2/c1-14-3-7-16(8-4-14)20-13-23(2)21(25)19(20)12-18(24)11-15-5-9-17(22)10-6-15/h3-10,19-20H,11-13H2,1-2H3/t19?,20-/m0/s1. The summed E-state index contributed by atoms with van der Waals surface area (Å²) < 4.78 is 0. The van der Waals surface area contributed by atoms with Crippen LogP contribution < -0.4 is 0 Å². The highest BCUT2D eigenvalue weighted by atomic mass is 35.5. The highest BCUT2D eigenvalue weighted by Crippen LogP contribution is 2.35. The Hall–Kier alpha value is -2.13. The Kier molecular flexibility index (Phi) is 5.24. The van der Waals surface area contributed by atoms with Gasteiger partial charge in [0.15, 0.2) is 0 Å². The van der Waals surface area contributed by atoms with E-state index in [0.29, 0.717) is 18.0 Å². The number of aryl methyl sites for hydroxylation is 1. The van der Waals surface area contributed by atoms with E-state index in [1.54, 1.807) is 17.0 Å². The second-order valence-corrected chi connectivity index (χ2v) is 7.32. The van der Waals surface area contributed by atoms with Gasteiger partial charge in [-0.05, 0) is 30.2 Å². The number of carbonyl (C=O) groups excluding carboxylic acids is 2. The summed E-state index contributed by atoms with van der Waals surface area (Å²) in [6.07, 6.45) is 0.621. The minimum absolute atomic E-state index is 0.0648. The molecule has 0 saturated carbocycles. The molecule has 2 aromatic rings. The summed E-state index contributed by atoms with van der Waals surface area (Å²) >= 11 is 5.88. The van der Waals surface area contributed by atoms with Gasteiger partial charge < -0.3 is 4.90 Å². The van der Waals surface area contributed by atoms with E-state index < -0.39 is 0 Å². The van der Waals surface area contributed by atoms with Gasteiger partial charge in [0.2, 0.25) is 5.91 Å². The van der Waals surface area contributed by atoms with Crippen molar-refractivity contribution in [3.63, 3.8) is 0 Å². The van der Waals surface area contributed by atoms with Crippen LogP contribution in [0.2, 0.25) is 5.02 Å². The number of rotatable bonds is 5. The number of nitrogens with zero attached hydrogens (tertiary/aromatic N) is 1. The molecule has 1 unspecified atom stereocenters. The minimum Gasteiger partial charge on any atom is -0.345 e. The van der Waals surface area contributed by atoms with Gasteiger partial charge in [0.25, 0.3) is 0 Å². The maximum Gasteiger partial charge on any atom is 0.226 e. The fourth-order valence-electron chi connectivity index (χ4n) is 3.50. The third-order valence-corrected chi connectivity index (χ3v) is 5.17. The molecule has 0 radical (unpaired) electrons. The van der Waals surface area contributed by atoms with Crippen LogP contribution in [0.4, 0.5) is 0 Å². The zero-order valence-electron chi connectivity index (χ0n) is 14.5. The van der Waals surface area contributed by atoms with Crippen LogP contribution in [-0.4, -0.2) is 30.2 Å². The van der Waals surface area contributed by atoms with Crippen molar-refractivity contribution < 1.29 is 9.59 Å². The predicted molar refractivity (Wildman–Crippen MR) is 99.8 cm³/mol. The Labute approximate surface area is 153 Å². The van der Waals surface area contributed by atoms with E-state index in [9.17, 15) is 9.59 Å². The van der Waals surface area contributed by atoms with E-state index in [1.807, 2.05) is 26.1 Å². The Morgan fingerprint density at radius 3 is 2.40 bits per heavy atom. The molecule has 0 aliphatic carbocycles. The monoisotopic (exact) mass is 355 g/mol. The van der Waals surface area contributed by atoms with Crippen LogP contribution in [0.5, 0.6) is 0 Å². The van der Waals surface area contributed by atoms with Crippen LogP contribution >= 0.6 is 11.6 Å². The van der Waals surface area contributed by atoms with Gasteiger partial charge >= 0.3 is 0 Å². The lowest BCUT2D eigenvalue weighted by Crippen LogP contribution is -2.24. The molecule has 2 atom stereocenters. The van der Waals surface area contributed by atoms with E-state index >= 15 is 0 Å². The van der Waals surface area contributed by atoms with Crippen molar-refractivity contribution in [2.75, 3.05) is 13.6 Å².